The third kappa shape index (κ3) is 2.99. The van der Waals surface area contributed by atoms with E-state index in [9.17, 15) is 14.4 Å². The van der Waals surface area contributed by atoms with Crippen LogP contribution in [0.5, 0.6) is 0 Å². The zero-order chi connectivity index (χ0) is 12.0. The highest BCUT2D eigenvalue weighted by molar-refractivity contribution is 5.74. The van der Waals surface area contributed by atoms with Gasteiger partial charge in [0.15, 0.2) is 0 Å². The summed E-state index contributed by atoms with van der Waals surface area (Å²) in [4.78, 5) is 37.3. The van der Waals surface area contributed by atoms with Gasteiger partial charge < -0.3 is 5.11 Å². The summed E-state index contributed by atoms with van der Waals surface area (Å²) in [6.07, 6.45) is 2.37. The minimum Gasteiger partial charge on any atom is -0.481 e. The number of hydrogen-bond acceptors (Lipinski definition) is 5. The molecule has 0 fully saturated rings. The van der Waals surface area contributed by atoms with Crippen molar-refractivity contribution >= 4 is 29.5 Å². The number of rotatable bonds is 4. The van der Waals surface area contributed by atoms with E-state index in [0.717, 1.165) is 0 Å². The number of carboxylic acid groups (broad SMARTS) is 1. The molecule has 0 aliphatic heterocycles. The molecule has 0 bridgehead atoms. The van der Waals surface area contributed by atoms with Crippen LogP contribution in [-0.2, 0) is 20.8 Å². The van der Waals surface area contributed by atoms with E-state index in [2.05, 4.69) is 9.98 Å². The number of carboxylic acids is 1. The number of nitrogens with zero attached hydrogens (tertiary/aromatic N) is 2. The van der Waals surface area contributed by atoms with Gasteiger partial charge in [-0.1, -0.05) is 6.07 Å². The van der Waals surface area contributed by atoms with E-state index in [1.54, 1.807) is 0 Å². The molecule has 0 aliphatic rings. The smallest absolute Gasteiger partial charge is 0.307 e. The molecule has 16 heavy (non-hydrogen) atoms. The summed E-state index contributed by atoms with van der Waals surface area (Å²) < 4.78 is 0. The highest BCUT2D eigenvalue weighted by Crippen LogP contribution is 2.25. The van der Waals surface area contributed by atoms with E-state index in [-0.39, 0.29) is 17.8 Å². The lowest BCUT2D eigenvalue weighted by Crippen LogP contribution is -1.99. The van der Waals surface area contributed by atoms with E-state index < -0.39 is 5.97 Å². The van der Waals surface area contributed by atoms with Gasteiger partial charge in [0.05, 0.1) is 17.8 Å². The molecule has 0 aliphatic carbocycles. The number of hydrogen-bond donors (Lipinski definition) is 1. The van der Waals surface area contributed by atoms with Gasteiger partial charge in [0.25, 0.3) is 0 Å². The van der Waals surface area contributed by atoms with Crippen LogP contribution >= 0.6 is 0 Å². The van der Waals surface area contributed by atoms with Crippen LogP contribution < -0.4 is 0 Å². The van der Waals surface area contributed by atoms with Crippen molar-refractivity contribution in [1.82, 2.24) is 0 Å². The van der Waals surface area contributed by atoms with Gasteiger partial charge in [0, 0.05) is 0 Å². The molecule has 6 heteroatoms. The molecule has 0 saturated heterocycles. The number of carbonyl (C=O) groups excluding carboxylic acids is 2. The van der Waals surface area contributed by atoms with Crippen molar-refractivity contribution in [2.24, 2.45) is 9.98 Å². The molecule has 1 aromatic carbocycles. The lowest BCUT2D eigenvalue weighted by molar-refractivity contribution is -0.136. The highest BCUT2D eigenvalue weighted by atomic mass is 16.4. The molecule has 1 N–H and O–H groups in total. The standard InChI is InChI=1S/C10H6N2O4/c13-5-11-8-2-1-7(3-10(15)16)9(4-8)12-6-14/h1-2,4H,3H2,(H,15,16). The van der Waals surface area contributed by atoms with Crippen LogP contribution in [0.4, 0.5) is 11.4 Å². The van der Waals surface area contributed by atoms with E-state index in [4.69, 9.17) is 5.11 Å². The first-order valence-electron chi connectivity index (χ1n) is 4.18. The Morgan fingerprint density at radius 1 is 1.25 bits per heavy atom. The number of benzene rings is 1. The maximum absolute atomic E-state index is 10.5. The van der Waals surface area contributed by atoms with E-state index in [0.29, 0.717) is 5.56 Å². The second kappa shape index (κ2) is 5.36. The average Bonchev–Trinajstić information content (AvgIpc) is 2.22. The Morgan fingerprint density at radius 2 is 1.94 bits per heavy atom. The second-order valence-corrected chi connectivity index (χ2v) is 2.79. The van der Waals surface area contributed by atoms with Crippen LogP contribution in [0.2, 0.25) is 0 Å². The van der Waals surface area contributed by atoms with Crippen LogP contribution in [0.25, 0.3) is 0 Å². The predicted molar refractivity (Wildman–Crippen MR) is 53.3 cm³/mol. The molecule has 1 aromatic rings. The van der Waals surface area contributed by atoms with Gasteiger partial charge in [0.1, 0.15) is 0 Å². The van der Waals surface area contributed by atoms with Crippen molar-refractivity contribution in [3.8, 4) is 0 Å². The van der Waals surface area contributed by atoms with E-state index in [1.165, 1.54) is 30.4 Å². The fourth-order valence-corrected chi connectivity index (χ4v) is 1.14. The van der Waals surface area contributed by atoms with Crippen LogP contribution in [0, 0.1) is 0 Å². The summed E-state index contributed by atoms with van der Waals surface area (Å²) in [5.74, 6) is -1.05. The Morgan fingerprint density at radius 3 is 2.50 bits per heavy atom. The molecular weight excluding hydrogens is 212 g/mol. The molecule has 1 rings (SSSR count). The third-order valence-corrected chi connectivity index (χ3v) is 1.75. The molecule has 6 nitrogen and oxygen atoms in total. The quantitative estimate of drug-likeness (QED) is 0.607. The summed E-state index contributed by atoms with van der Waals surface area (Å²) in [5.41, 5.74) is 0.729. The first-order valence-corrected chi connectivity index (χ1v) is 4.18. The summed E-state index contributed by atoms with van der Waals surface area (Å²) in [5, 5.41) is 8.61. The molecule has 0 heterocycles. The SMILES string of the molecule is O=C=Nc1ccc(CC(=O)O)c(N=C=O)c1. The number of carbonyl (C=O) groups is 1. The Hall–Kier alpha value is -2.55. The van der Waals surface area contributed by atoms with Crippen molar-refractivity contribution in [3.63, 3.8) is 0 Å². The molecule has 0 radical (unpaired) electrons. The van der Waals surface area contributed by atoms with Gasteiger partial charge in [-0.15, -0.1) is 0 Å². The van der Waals surface area contributed by atoms with Crippen LogP contribution in [0.15, 0.2) is 28.2 Å². The van der Waals surface area contributed by atoms with E-state index >= 15 is 0 Å². The van der Waals surface area contributed by atoms with Crippen molar-refractivity contribution in [3.05, 3.63) is 23.8 Å². The van der Waals surface area contributed by atoms with Gasteiger partial charge >= 0.3 is 5.97 Å². The van der Waals surface area contributed by atoms with E-state index in [1.807, 2.05) is 0 Å². The molecule has 0 amide bonds. The minimum absolute atomic E-state index is 0.133. The van der Waals surface area contributed by atoms with Crippen molar-refractivity contribution < 1.29 is 19.5 Å². The van der Waals surface area contributed by atoms with Gasteiger partial charge in [-0.2, -0.15) is 9.98 Å². The van der Waals surface area contributed by atoms with Crippen LogP contribution in [0.1, 0.15) is 5.56 Å². The molecule has 0 aromatic heterocycles. The number of isocyanates is 2. The van der Waals surface area contributed by atoms with Gasteiger partial charge in [-0.05, 0) is 17.7 Å². The van der Waals surface area contributed by atoms with Crippen molar-refractivity contribution in [2.75, 3.05) is 0 Å². The Labute approximate surface area is 90.0 Å². The van der Waals surface area contributed by atoms with Crippen LogP contribution in [0.3, 0.4) is 0 Å². The summed E-state index contributed by atoms with van der Waals surface area (Å²) in [6, 6.07) is 4.18. The fourth-order valence-electron chi connectivity index (χ4n) is 1.14. The summed E-state index contributed by atoms with van der Waals surface area (Å²) >= 11 is 0. The molecule has 0 saturated carbocycles. The van der Waals surface area contributed by atoms with Crippen molar-refractivity contribution in [1.29, 1.82) is 0 Å². The largest absolute Gasteiger partial charge is 0.481 e. The Kier molecular flexibility index (Phi) is 3.86. The van der Waals surface area contributed by atoms with Gasteiger partial charge in [-0.25, -0.2) is 9.59 Å². The summed E-state index contributed by atoms with van der Waals surface area (Å²) in [6.45, 7) is 0. The first-order chi connectivity index (χ1) is 7.67. The maximum atomic E-state index is 10.5. The fraction of sp³-hybridized carbons (Fsp3) is 0.100. The molecule has 80 valence electrons. The Bertz CT molecular complexity index is 512. The topological polar surface area (TPSA) is 96.2 Å². The number of aliphatic imine (C=N–C) groups is 2. The van der Waals surface area contributed by atoms with Gasteiger partial charge in [0.2, 0.25) is 12.2 Å². The van der Waals surface area contributed by atoms with Gasteiger partial charge in [-0.3, -0.25) is 4.79 Å². The zero-order valence-corrected chi connectivity index (χ0v) is 8.01. The maximum Gasteiger partial charge on any atom is 0.307 e. The zero-order valence-electron chi connectivity index (χ0n) is 8.01. The predicted octanol–water partition coefficient (Wildman–Crippen LogP) is 1.25. The van der Waals surface area contributed by atoms with Crippen molar-refractivity contribution in [2.45, 2.75) is 6.42 Å². The lowest BCUT2D eigenvalue weighted by Gasteiger charge is -2.01. The monoisotopic (exact) mass is 218 g/mol. The normalized spacial score (nSPS) is 8.75. The molecule has 0 atom stereocenters. The highest BCUT2D eigenvalue weighted by Gasteiger charge is 2.07. The lowest BCUT2D eigenvalue weighted by atomic mass is 10.1. The molecule has 0 unspecified atom stereocenters. The first kappa shape index (κ1) is 11.5. The minimum atomic E-state index is -1.05. The third-order valence-electron chi connectivity index (χ3n) is 1.75. The molecule has 0 spiro atoms. The average molecular weight is 218 g/mol. The number of aliphatic carboxylic acids is 1. The summed E-state index contributed by atoms with van der Waals surface area (Å²) in [7, 11) is 0. The second-order valence-electron chi connectivity index (χ2n) is 2.79. The molecular formula is C10H6N2O4. The Balaban J connectivity index is 3.23. The van der Waals surface area contributed by atoms with Crippen LogP contribution in [-0.4, -0.2) is 23.2 Å².